The summed E-state index contributed by atoms with van der Waals surface area (Å²) >= 11 is 0. The molecule has 0 unspecified atom stereocenters. The molecule has 23 heavy (non-hydrogen) atoms. The summed E-state index contributed by atoms with van der Waals surface area (Å²) < 4.78 is 24.2. The molecule has 0 radical (unpaired) electrons. The largest absolute Gasteiger partial charge is 0.338 e. The van der Waals surface area contributed by atoms with E-state index < -0.39 is 9.84 Å². The molecule has 3 rings (SSSR count). The maximum Gasteiger partial charge on any atom is 0.225 e. The summed E-state index contributed by atoms with van der Waals surface area (Å²) in [6.45, 7) is 5.45. The van der Waals surface area contributed by atoms with Gasteiger partial charge in [0.2, 0.25) is 5.95 Å². The van der Waals surface area contributed by atoms with Gasteiger partial charge in [-0.2, -0.15) is 0 Å². The van der Waals surface area contributed by atoms with Crippen LogP contribution in [0.25, 0.3) is 0 Å². The van der Waals surface area contributed by atoms with Gasteiger partial charge in [-0.15, -0.1) is 0 Å². The van der Waals surface area contributed by atoms with E-state index in [1.54, 1.807) is 0 Å². The Morgan fingerprint density at radius 1 is 1.26 bits per heavy atom. The van der Waals surface area contributed by atoms with Crippen molar-refractivity contribution < 1.29 is 8.42 Å². The minimum Gasteiger partial charge on any atom is -0.338 e. The lowest BCUT2D eigenvalue weighted by Gasteiger charge is -2.33. The standard InChI is InChI=1S/C15H25N5O2S/c1-19-6-8-20(9-7-19)15-17-11-13(23(2,21)22)14(18-15)12-4-3-5-16-10-12/h11-12,16H,3-10H2,1-2H3/t12-/m0/s1. The highest BCUT2D eigenvalue weighted by Gasteiger charge is 2.26. The number of nitrogens with one attached hydrogen (secondary N) is 1. The number of sulfone groups is 1. The van der Waals surface area contributed by atoms with E-state index in [2.05, 4.69) is 32.1 Å². The van der Waals surface area contributed by atoms with Crippen LogP contribution >= 0.6 is 0 Å². The van der Waals surface area contributed by atoms with E-state index >= 15 is 0 Å². The number of rotatable bonds is 3. The van der Waals surface area contributed by atoms with Gasteiger partial charge in [0.15, 0.2) is 9.84 Å². The highest BCUT2D eigenvalue weighted by atomic mass is 32.2. The normalized spacial score (nSPS) is 23.9. The van der Waals surface area contributed by atoms with Crippen molar-refractivity contribution in [2.24, 2.45) is 0 Å². The van der Waals surface area contributed by atoms with Gasteiger partial charge < -0.3 is 15.1 Å². The summed E-state index contributed by atoms with van der Waals surface area (Å²) in [5.74, 6) is 0.800. The van der Waals surface area contributed by atoms with Gasteiger partial charge in [-0.3, -0.25) is 0 Å². The number of piperazine rings is 1. The first-order chi connectivity index (χ1) is 10.9. The maximum absolute atomic E-state index is 12.1. The Balaban J connectivity index is 1.94. The van der Waals surface area contributed by atoms with Crippen molar-refractivity contribution in [2.75, 3.05) is 57.5 Å². The number of likely N-dealkylation sites (N-methyl/N-ethyl adjacent to an activating group) is 1. The zero-order valence-electron chi connectivity index (χ0n) is 13.8. The summed E-state index contributed by atoms with van der Waals surface area (Å²) in [4.78, 5) is 13.7. The summed E-state index contributed by atoms with van der Waals surface area (Å²) in [6.07, 6.45) is 4.75. The fourth-order valence-corrected chi connectivity index (χ4v) is 4.03. The number of nitrogens with zero attached hydrogens (tertiary/aromatic N) is 4. The molecule has 7 nitrogen and oxygen atoms in total. The van der Waals surface area contributed by atoms with Crippen molar-refractivity contribution >= 4 is 15.8 Å². The quantitative estimate of drug-likeness (QED) is 0.837. The third kappa shape index (κ3) is 3.81. The summed E-state index contributed by atoms with van der Waals surface area (Å²) in [7, 11) is -1.22. The average Bonchev–Trinajstić information content (AvgIpc) is 2.55. The maximum atomic E-state index is 12.1. The van der Waals surface area contributed by atoms with Crippen LogP contribution in [0, 0.1) is 0 Å². The molecule has 0 aromatic carbocycles. The van der Waals surface area contributed by atoms with Crippen LogP contribution in [-0.2, 0) is 9.84 Å². The highest BCUT2D eigenvalue weighted by molar-refractivity contribution is 7.90. The topological polar surface area (TPSA) is 78.4 Å². The zero-order chi connectivity index (χ0) is 16.4. The molecule has 0 bridgehead atoms. The molecule has 1 aromatic heterocycles. The molecule has 0 amide bonds. The Morgan fingerprint density at radius 2 is 2.00 bits per heavy atom. The molecule has 2 fully saturated rings. The van der Waals surface area contributed by atoms with Crippen LogP contribution in [0.4, 0.5) is 5.95 Å². The number of anilines is 1. The molecule has 8 heteroatoms. The van der Waals surface area contributed by atoms with Gasteiger partial charge in [0.1, 0.15) is 4.90 Å². The molecule has 1 N–H and O–H groups in total. The minimum absolute atomic E-state index is 0.141. The molecule has 0 aliphatic carbocycles. The average molecular weight is 339 g/mol. The molecule has 2 aliphatic heterocycles. The molecular formula is C15H25N5O2S. The van der Waals surface area contributed by atoms with E-state index in [4.69, 9.17) is 0 Å². The number of hydrogen-bond acceptors (Lipinski definition) is 7. The smallest absolute Gasteiger partial charge is 0.225 e. The SMILES string of the molecule is CN1CCN(c2ncc(S(C)(=O)=O)c([C@H]3CCCNC3)n2)CC1. The minimum atomic E-state index is -3.32. The van der Waals surface area contributed by atoms with Crippen molar-refractivity contribution in [2.45, 2.75) is 23.7 Å². The molecular weight excluding hydrogens is 314 g/mol. The van der Waals surface area contributed by atoms with E-state index in [1.807, 2.05) is 0 Å². The van der Waals surface area contributed by atoms with Crippen LogP contribution < -0.4 is 10.2 Å². The Kier molecular flexibility index (Phi) is 4.84. The Hall–Kier alpha value is -1.25. The van der Waals surface area contributed by atoms with E-state index in [0.717, 1.165) is 52.1 Å². The summed E-state index contributed by atoms with van der Waals surface area (Å²) in [6, 6.07) is 0. The van der Waals surface area contributed by atoms with Crippen LogP contribution in [0.3, 0.4) is 0 Å². The number of piperidine rings is 1. The lowest BCUT2D eigenvalue weighted by Crippen LogP contribution is -2.45. The molecule has 128 valence electrons. The fraction of sp³-hybridized carbons (Fsp3) is 0.733. The Bertz CT molecular complexity index is 650. The predicted molar refractivity (Wildman–Crippen MR) is 89.7 cm³/mol. The lowest BCUT2D eigenvalue weighted by molar-refractivity contribution is 0.311. The fourth-order valence-electron chi connectivity index (χ4n) is 3.20. The highest BCUT2D eigenvalue weighted by Crippen LogP contribution is 2.28. The lowest BCUT2D eigenvalue weighted by atomic mass is 9.96. The zero-order valence-corrected chi connectivity index (χ0v) is 14.6. The van der Waals surface area contributed by atoms with E-state index in [0.29, 0.717) is 11.6 Å². The van der Waals surface area contributed by atoms with Gasteiger partial charge in [-0.25, -0.2) is 18.4 Å². The van der Waals surface area contributed by atoms with Crippen molar-refractivity contribution in [3.8, 4) is 0 Å². The molecule has 2 aliphatic rings. The van der Waals surface area contributed by atoms with Crippen LogP contribution in [0.1, 0.15) is 24.5 Å². The molecule has 1 aromatic rings. The number of aromatic nitrogens is 2. The van der Waals surface area contributed by atoms with Crippen LogP contribution in [0.5, 0.6) is 0 Å². The molecule has 0 saturated carbocycles. The predicted octanol–water partition coefficient (Wildman–Crippen LogP) is 0.0989. The van der Waals surface area contributed by atoms with Gasteiger partial charge in [0.05, 0.1) is 11.9 Å². The first-order valence-corrected chi connectivity index (χ1v) is 10.1. The molecule has 0 spiro atoms. The first-order valence-electron chi connectivity index (χ1n) is 8.16. The van der Waals surface area contributed by atoms with Gasteiger partial charge in [0, 0.05) is 44.9 Å². The molecule has 3 heterocycles. The summed E-state index contributed by atoms with van der Waals surface area (Å²) in [5.41, 5.74) is 0.684. The van der Waals surface area contributed by atoms with E-state index in [-0.39, 0.29) is 10.8 Å². The second-order valence-electron chi connectivity index (χ2n) is 6.53. The molecule has 2 saturated heterocycles. The third-order valence-corrected chi connectivity index (χ3v) is 5.75. The van der Waals surface area contributed by atoms with Crippen molar-refractivity contribution in [3.05, 3.63) is 11.9 Å². The van der Waals surface area contributed by atoms with Crippen LogP contribution in [0.2, 0.25) is 0 Å². The number of hydrogen-bond donors (Lipinski definition) is 1. The summed E-state index contributed by atoms with van der Waals surface area (Å²) in [5, 5.41) is 3.34. The molecule has 1 atom stereocenters. The van der Waals surface area contributed by atoms with Crippen LogP contribution in [-0.4, -0.2) is 75.9 Å². The second-order valence-corrected chi connectivity index (χ2v) is 8.51. The van der Waals surface area contributed by atoms with Gasteiger partial charge >= 0.3 is 0 Å². The van der Waals surface area contributed by atoms with Crippen molar-refractivity contribution in [1.82, 2.24) is 20.2 Å². The van der Waals surface area contributed by atoms with E-state index in [9.17, 15) is 8.42 Å². The Morgan fingerprint density at radius 3 is 2.61 bits per heavy atom. The Labute approximate surface area is 138 Å². The van der Waals surface area contributed by atoms with Gasteiger partial charge in [-0.05, 0) is 26.4 Å². The second kappa shape index (κ2) is 6.70. The van der Waals surface area contributed by atoms with Crippen molar-refractivity contribution in [1.29, 1.82) is 0 Å². The monoisotopic (exact) mass is 339 g/mol. The first kappa shape index (κ1) is 16.6. The van der Waals surface area contributed by atoms with Gasteiger partial charge in [-0.1, -0.05) is 0 Å². The van der Waals surface area contributed by atoms with Crippen LogP contribution in [0.15, 0.2) is 11.1 Å². The van der Waals surface area contributed by atoms with Gasteiger partial charge in [0.25, 0.3) is 0 Å². The van der Waals surface area contributed by atoms with E-state index in [1.165, 1.54) is 12.5 Å². The van der Waals surface area contributed by atoms with Crippen molar-refractivity contribution in [3.63, 3.8) is 0 Å². The third-order valence-electron chi connectivity index (χ3n) is 4.64.